The highest BCUT2D eigenvalue weighted by Gasteiger charge is 2.27. The lowest BCUT2D eigenvalue weighted by molar-refractivity contribution is -0.0487. The Morgan fingerprint density at radius 1 is 1.64 bits per heavy atom. The van der Waals surface area contributed by atoms with Gasteiger partial charge in [-0.15, -0.1) is 0 Å². The molecule has 0 aromatic rings. The third-order valence-electron chi connectivity index (χ3n) is 1.29. The Bertz CT molecular complexity index is 113. The van der Waals surface area contributed by atoms with Crippen molar-refractivity contribution in [1.29, 1.82) is 0 Å². The summed E-state index contributed by atoms with van der Waals surface area (Å²) in [5.74, 6) is -3.04. The van der Waals surface area contributed by atoms with Gasteiger partial charge >= 0.3 is 0 Å². The summed E-state index contributed by atoms with van der Waals surface area (Å²) in [5.41, 5.74) is 0. The number of aliphatic hydroxyl groups is 1. The number of halogens is 2. The Morgan fingerprint density at radius 3 is 2.55 bits per heavy atom. The van der Waals surface area contributed by atoms with Gasteiger partial charge in [-0.2, -0.15) is 0 Å². The Kier molecular flexibility index (Phi) is 4.60. The molecule has 5 heteroatoms. The normalized spacial score (nSPS) is 14.9. The van der Waals surface area contributed by atoms with E-state index in [1.807, 2.05) is 0 Å². The predicted octanol–water partition coefficient (Wildman–Crippen LogP) is 0.179. The van der Waals surface area contributed by atoms with E-state index in [1.165, 1.54) is 0 Å². The zero-order chi connectivity index (χ0) is 8.91. The molecule has 0 fully saturated rings. The predicted molar refractivity (Wildman–Crippen MR) is 40.1 cm³/mol. The molecule has 64 valence electrons. The fourth-order valence-corrected chi connectivity index (χ4v) is 0.463. The second-order valence-electron chi connectivity index (χ2n) is 2.53. The summed E-state index contributed by atoms with van der Waals surface area (Å²) in [6, 6.07) is -0.146. The van der Waals surface area contributed by atoms with Crippen molar-refractivity contribution in [3.8, 4) is 0 Å². The van der Waals surface area contributed by atoms with E-state index in [2.05, 4.69) is 5.32 Å². The van der Waals surface area contributed by atoms with Crippen LogP contribution in [-0.2, 0) is 0 Å². The molecule has 0 aromatic heterocycles. The molecule has 2 radical (unpaired) electrons. The molecule has 2 N–H and O–H groups in total. The van der Waals surface area contributed by atoms with Crippen LogP contribution in [0.1, 0.15) is 6.92 Å². The second kappa shape index (κ2) is 4.67. The lowest BCUT2D eigenvalue weighted by Crippen LogP contribution is -2.39. The van der Waals surface area contributed by atoms with Crippen LogP contribution in [0.5, 0.6) is 0 Å². The van der Waals surface area contributed by atoms with E-state index < -0.39 is 19.1 Å². The molecule has 1 atom stereocenters. The third-order valence-corrected chi connectivity index (χ3v) is 1.29. The lowest BCUT2D eigenvalue weighted by atomic mass is 9.99. The average molecular weight is 163 g/mol. The fraction of sp³-hybridized carbons (Fsp3) is 1.00. The summed E-state index contributed by atoms with van der Waals surface area (Å²) < 4.78 is 24.6. The van der Waals surface area contributed by atoms with Gasteiger partial charge in [0.25, 0.3) is 5.92 Å². The van der Waals surface area contributed by atoms with Gasteiger partial charge in [0.1, 0.15) is 6.61 Å². The molecule has 0 rings (SSSR count). The van der Waals surface area contributed by atoms with Crippen molar-refractivity contribution < 1.29 is 13.9 Å². The monoisotopic (exact) mass is 163 g/mol. The molecular formula is C6H12BF2NO. The maximum atomic E-state index is 12.3. The topological polar surface area (TPSA) is 32.3 Å². The van der Waals surface area contributed by atoms with Gasteiger partial charge < -0.3 is 10.4 Å². The molecule has 0 aromatic carbocycles. The second-order valence-corrected chi connectivity index (χ2v) is 2.53. The van der Waals surface area contributed by atoms with Crippen LogP contribution < -0.4 is 5.32 Å². The van der Waals surface area contributed by atoms with Gasteiger partial charge in [-0.25, -0.2) is 8.78 Å². The van der Waals surface area contributed by atoms with E-state index in [1.54, 1.807) is 6.92 Å². The van der Waals surface area contributed by atoms with Crippen molar-refractivity contribution in [2.75, 3.05) is 13.2 Å². The smallest absolute Gasteiger partial charge is 0.282 e. The number of nitrogens with one attached hydrogen (secondary N) is 1. The van der Waals surface area contributed by atoms with E-state index in [0.717, 1.165) is 0 Å². The fourth-order valence-electron chi connectivity index (χ4n) is 0.463. The number of alkyl halides is 2. The summed E-state index contributed by atoms with van der Waals surface area (Å²) in [6.45, 7) is 0.0482. The van der Waals surface area contributed by atoms with Crippen molar-refractivity contribution in [2.24, 2.45) is 0 Å². The molecule has 0 amide bonds. The Morgan fingerprint density at radius 2 is 2.18 bits per heavy atom. The van der Waals surface area contributed by atoms with Crippen LogP contribution in [0.2, 0.25) is 6.32 Å². The first kappa shape index (κ1) is 10.8. The molecular weight excluding hydrogens is 151 g/mol. The summed E-state index contributed by atoms with van der Waals surface area (Å²) in [4.78, 5) is 0. The molecule has 0 saturated heterocycles. The first-order valence-corrected chi connectivity index (χ1v) is 3.44. The van der Waals surface area contributed by atoms with Crippen molar-refractivity contribution in [3.05, 3.63) is 0 Å². The first-order valence-electron chi connectivity index (χ1n) is 3.44. The van der Waals surface area contributed by atoms with Crippen LogP contribution in [0.4, 0.5) is 8.78 Å². The molecule has 0 bridgehead atoms. The molecule has 11 heavy (non-hydrogen) atoms. The molecule has 0 aliphatic heterocycles. The SMILES string of the molecule is [B]CC(C)NCC(F)(F)CO. The van der Waals surface area contributed by atoms with Gasteiger partial charge in [0.05, 0.1) is 14.4 Å². The van der Waals surface area contributed by atoms with Crippen molar-refractivity contribution in [1.82, 2.24) is 5.32 Å². The van der Waals surface area contributed by atoms with Crippen LogP contribution in [0, 0.1) is 0 Å². The quantitative estimate of drug-likeness (QED) is 0.566. The zero-order valence-corrected chi connectivity index (χ0v) is 6.48. The highest BCUT2D eigenvalue weighted by molar-refractivity contribution is 6.08. The number of hydrogen-bond acceptors (Lipinski definition) is 2. The van der Waals surface area contributed by atoms with E-state index in [9.17, 15) is 8.78 Å². The summed E-state index contributed by atoms with van der Waals surface area (Å²) in [7, 11) is 5.17. The highest BCUT2D eigenvalue weighted by atomic mass is 19.3. The third kappa shape index (κ3) is 5.15. The van der Waals surface area contributed by atoms with Gasteiger partial charge in [0, 0.05) is 0 Å². The van der Waals surface area contributed by atoms with E-state index >= 15 is 0 Å². The van der Waals surface area contributed by atoms with Gasteiger partial charge in [-0.1, -0.05) is 13.2 Å². The average Bonchev–Trinajstić information content (AvgIpc) is 2.00. The first-order chi connectivity index (χ1) is 5.02. The maximum Gasteiger partial charge on any atom is 0.282 e. The number of hydrogen-bond donors (Lipinski definition) is 2. The Hall–Kier alpha value is -0.155. The summed E-state index contributed by atoms with van der Waals surface area (Å²) in [6.07, 6.45) is 0.307. The van der Waals surface area contributed by atoms with Gasteiger partial charge in [0.2, 0.25) is 0 Å². The molecule has 0 saturated carbocycles. The van der Waals surface area contributed by atoms with Crippen LogP contribution in [-0.4, -0.2) is 38.1 Å². The van der Waals surface area contributed by atoms with Crippen molar-refractivity contribution in [3.63, 3.8) is 0 Å². The maximum absolute atomic E-state index is 12.3. The highest BCUT2D eigenvalue weighted by Crippen LogP contribution is 2.10. The van der Waals surface area contributed by atoms with E-state index in [-0.39, 0.29) is 6.04 Å². The Labute approximate surface area is 66.4 Å². The standard InChI is InChI=1S/C6H12BF2NO/c1-5(2-7)10-3-6(8,9)4-11/h5,10-11H,2-4H2,1H3. The molecule has 2 nitrogen and oxygen atoms in total. The van der Waals surface area contributed by atoms with Crippen LogP contribution in [0.25, 0.3) is 0 Å². The number of rotatable bonds is 5. The minimum atomic E-state index is -3.04. The summed E-state index contributed by atoms with van der Waals surface area (Å²) in [5, 5.41) is 10.6. The lowest BCUT2D eigenvalue weighted by Gasteiger charge is -2.17. The van der Waals surface area contributed by atoms with Crippen LogP contribution in [0.3, 0.4) is 0 Å². The largest absolute Gasteiger partial charge is 0.390 e. The van der Waals surface area contributed by atoms with Gasteiger partial charge in [0.15, 0.2) is 0 Å². The number of aliphatic hydroxyl groups excluding tert-OH is 1. The van der Waals surface area contributed by atoms with Crippen molar-refractivity contribution >= 4 is 7.85 Å². The van der Waals surface area contributed by atoms with E-state index in [0.29, 0.717) is 6.32 Å². The van der Waals surface area contributed by atoms with Gasteiger partial charge in [-0.3, -0.25) is 0 Å². The zero-order valence-electron chi connectivity index (χ0n) is 6.48. The molecule has 0 spiro atoms. The molecule has 0 heterocycles. The van der Waals surface area contributed by atoms with Gasteiger partial charge in [-0.05, 0) is 6.04 Å². The van der Waals surface area contributed by atoms with Crippen LogP contribution >= 0.6 is 0 Å². The molecule has 0 aliphatic rings. The minimum Gasteiger partial charge on any atom is -0.390 e. The van der Waals surface area contributed by atoms with Crippen molar-refractivity contribution in [2.45, 2.75) is 25.2 Å². The minimum absolute atomic E-state index is 0.146. The molecule has 0 aliphatic carbocycles. The molecule has 1 unspecified atom stereocenters. The summed E-state index contributed by atoms with van der Waals surface area (Å²) >= 11 is 0. The van der Waals surface area contributed by atoms with E-state index in [4.69, 9.17) is 13.0 Å². The Balaban J connectivity index is 3.52. The van der Waals surface area contributed by atoms with Crippen LogP contribution in [0.15, 0.2) is 0 Å².